The Morgan fingerprint density at radius 3 is 2.03 bits per heavy atom. The average molecular weight is 403 g/mol. The van der Waals surface area contributed by atoms with E-state index in [2.05, 4.69) is 97.7 Å². The van der Waals surface area contributed by atoms with Crippen LogP contribution < -0.4 is 9.80 Å². The number of ether oxygens (including phenoxy) is 1. The molecular formula is C26H30N2O2. The molecule has 0 bridgehead atoms. The van der Waals surface area contributed by atoms with Gasteiger partial charge in [0.25, 0.3) is 0 Å². The van der Waals surface area contributed by atoms with Crippen molar-refractivity contribution in [3.63, 3.8) is 0 Å². The molecule has 0 radical (unpaired) electrons. The van der Waals surface area contributed by atoms with Crippen molar-refractivity contribution >= 4 is 17.3 Å². The largest absolute Gasteiger partial charge is 0.469 e. The summed E-state index contributed by atoms with van der Waals surface area (Å²) in [4.78, 5) is 15.7. The Morgan fingerprint density at radius 1 is 0.800 bits per heavy atom. The second-order valence-corrected chi connectivity index (χ2v) is 7.74. The third-order valence-electron chi connectivity index (χ3n) is 5.29. The van der Waals surface area contributed by atoms with Gasteiger partial charge in [0, 0.05) is 45.5 Å². The van der Waals surface area contributed by atoms with Gasteiger partial charge in [0.2, 0.25) is 0 Å². The number of methoxy groups -OCH3 is 1. The van der Waals surface area contributed by atoms with Crippen LogP contribution in [-0.2, 0) is 22.5 Å². The highest BCUT2D eigenvalue weighted by atomic mass is 16.5. The Balaban J connectivity index is 1.64. The smallest absolute Gasteiger partial charge is 0.305 e. The molecule has 0 unspecified atom stereocenters. The van der Waals surface area contributed by atoms with E-state index in [4.69, 9.17) is 4.74 Å². The van der Waals surface area contributed by atoms with Gasteiger partial charge in [0.05, 0.1) is 7.11 Å². The van der Waals surface area contributed by atoms with Crippen LogP contribution in [-0.4, -0.2) is 34.2 Å². The van der Waals surface area contributed by atoms with Crippen molar-refractivity contribution in [1.29, 1.82) is 0 Å². The molecule has 30 heavy (non-hydrogen) atoms. The maximum Gasteiger partial charge on any atom is 0.305 e. The van der Waals surface area contributed by atoms with Crippen molar-refractivity contribution in [2.75, 3.05) is 38.1 Å². The van der Waals surface area contributed by atoms with Gasteiger partial charge >= 0.3 is 5.97 Å². The van der Waals surface area contributed by atoms with Gasteiger partial charge in [-0.15, -0.1) is 0 Å². The maximum absolute atomic E-state index is 11.4. The number of nitrogens with zero attached hydrogens (tertiary/aromatic N) is 2. The standard InChI is InChI=1S/C26H30N2O2/c1-27(2)24-15-13-23(14-16-24)22-11-8-21(9-12-22)19-28(3)25-7-5-6-20(18-25)10-17-26(29)30-4/h5-9,11-16,18H,10,17,19H2,1-4H3. The van der Waals surface area contributed by atoms with Crippen LogP contribution in [0.2, 0.25) is 0 Å². The minimum atomic E-state index is -0.176. The van der Waals surface area contributed by atoms with Crippen molar-refractivity contribution in [1.82, 2.24) is 0 Å². The van der Waals surface area contributed by atoms with Crippen molar-refractivity contribution in [3.05, 3.63) is 83.9 Å². The van der Waals surface area contributed by atoms with E-state index >= 15 is 0 Å². The Hall–Kier alpha value is -3.27. The molecule has 0 amide bonds. The third-order valence-corrected chi connectivity index (χ3v) is 5.29. The number of rotatable bonds is 8. The summed E-state index contributed by atoms with van der Waals surface area (Å²) in [5.74, 6) is -0.176. The van der Waals surface area contributed by atoms with Crippen molar-refractivity contribution < 1.29 is 9.53 Å². The molecule has 0 aliphatic carbocycles. The SMILES string of the molecule is COC(=O)CCc1cccc(N(C)Cc2ccc(-c3ccc(N(C)C)cc3)cc2)c1. The molecule has 156 valence electrons. The van der Waals surface area contributed by atoms with Gasteiger partial charge in [-0.1, -0.05) is 48.5 Å². The summed E-state index contributed by atoms with van der Waals surface area (Å²) in [7, 11) is 7.62. The molecule has 0 saturated carbocycles. The molecule has 0 aromatic heterocycles. The molecule has 0 fully saturated rings. The minimum absolute atomic E-state index is 0.176. The molecule has 0 aliphatic heterocycles. The normalized spacial score (nSPS) is 10.5. The van der Waals surface area contributed by atoms with Crippen molar-refractivity contribution in [2.45, 2.75) is 19.4 Å². The summed E-state index contributed by atoms with van der Waals surface area (Å²) in [5, 5.41) is 0. The molecule has 4 heteroatoms. The lowest BCUT2D eigenvalue weighted by Crippen LogP contribution is -2.16. The Kier molecular flexibility index (Phi) is 7.12. The lowest BCUT2D eigenvalue weighted by Gasteiger charge is -2.20. The lowest BCUT2D eigenvalue weighted by molar-refractivity contribution is -0.140. The number of hydrogen-bond acceptors (Lipinski definition) is 4. The van der Waals surface area contributed by atoms with Gasteiger partial charge in [-0.2, -0.15) is 0 Å². The van der Waals surface area contributed by atoms with Gasteiger partial charge < -0.3 is 14.5 Å². The third kappa shape index (κ3) is 5.63. The first kappa shape index (κ1) is 21.4. The molecule has 3 aromatic carbocycles. The van der Waals surface area contributed by atoms with Crippen LogP contribution in [0.15, 0.2) is 72.8 Å². The first-order chi connectivity index (χ1) is 14.5. The van der Waals surface area contributed by atoms with Crippen LogP contribution in [0.25, 0.3) is 11.1 Å². The highest BCUT2D eigenvalue weighted by Gasteiger charge is 2.06. The average Bonchev–Trinajstić information content (AvgIpc) is 2.78. The number of carbonyl (C=O) groups excluding carboxylic acids is 1. The van der Waals surface area contributed by atoms with Crippen LogP contribution >= 0.6 is 0 Å². The van der Waals surface area contributed by atoms with Gasteiger partial charge in [-0.3, -0.25) is 4.79 Å². The number of carbonyl (C=O) groups is 1. The van der Waals surface area contributed by atoms with Crippen LogP contribution in [0.4, 0.5) is 11.4 Å². The van der Waals surface area contributed by atoms with Crippen LogP contribution in [0, 0.1) is 0 Å². The van der Waals surface area contributed by atoms with Crippen LogP contribution in [0.3, 0.4) is 0 Å². The summed E-state index contributed by atoms with van der Waals surface area (Å²) >= 11 is 0. The predicted molar refractivity (Wildman–Crippen MR) is 125 cm³/mol. The van der Waals surface area contributed by atoms with E-state index in [1.165, 1.54) is 29.5 Å². The summed E-state index contributed by atoms with van der Waals surface area (Å²) < 4.78 is 4.73. The first-order valence-electron chi connectivity index (χ1n) is 10.2. The van der Waals surface area contributed by atoms with E-state index < -0.39 is 0 Å². The lowest BCUT2D eigenvalue weighted by atomic mass is 10.0. The molecule has 0 N–H and O–H groups in total. The van der Waals surface area contributed by atoms with E-state index in [0.29, 0.717) is 12.8 Å². The summed E-state index contributed by atoms with van der Waals surface area (Å²) in [6.45, 7) is 0.820. The van der Waals surface area contributed by atoms with Crippen LogP contribution in [0.1, 0.15) is 17.5 Å². The Morgan fingerprint density at radius 2 is 1.43 bits per heavy atom. The molecule has 3 aromatic rings. The first-order valence-corrected chi connectivity index (χ1v) is 10.2. The van der Waals surface area contributed by atoms with E-state index in [9.17, 15) is 4.79 Å². The zero-order valence-electron chi connectivity index (χ0n) is 18.3. The quantitative estimate of drug-likeness (QED) is 0.487. The van der Waals surface area contributed by atoms with E-state index in [-0.39, 0.29) is 5.97 Å². The van der Waals surface area contributed by atoms with Crippen LogP contribution in [0.5, 0.6) is 0 Å². The summed E-state index contributed by atoms with van der Waals surface area (Å²) in [5.41, 5.74) is 7.18. The van der Waals surface area contributed by atoms with E-state index in [1.807, 2.05) is 6.07 Å². The molecule has 3 rings (SSSR count). The summed E-state index contributed by atoms with van der Waals surface area (Å²) in [6.07, 6.45) is 1.09. The molecule has 0 saturated heterocycles. The number of hydrogen-bond donors (Lipinski definition) is 0. The van der Waals surface area contributed by atoms with Crippen molar-refractivity contribution in [3.8, 4) is 11.1 Å². The van der Waals surface area contributed by atoms with Gasteiger partial charge in [-0.25, -0.2) is 0 Å². The van der Waals surface area contributed by atoms with E-state index in [1.54, 1.807) is 0 Å². The molecule has 0 heterocycles. The fraction of sp³-hybridized carbons (Fsp3) is 0.269. The molecule has 4 nitrogen and oxygen atoms in total. The molecule has 0 aliphatic rings. The van der Waals surface area contributed by atoms with E-state index in [0.717, 1.165) is 17.8 Å². The predicted octanol–water partition coefficient (Wildman–Crippen LogP) is 5.16. The number of esters is 1. The zero-order chi connectivity index (χ0) is 21.5. The topological polar surface area (TPSA) is 32.8 Å². The zero-order valence-corrected chi connectivity index (χ0v) is 18.3. The minimum Gasteiger partial charge on any atom is -0.469 e. The fourth-order valence-electron chi connectivity index (χ4n) is 3.42. The number of anilines is 2. The number of benzene rings is 3. The Labute approximate surface area is 179 Å². The maximum atomic E-state index is 11.4. The number of aryl methyl sites for hydroxylation is 1. The second kappa shape index (κ2) is 9.97. The van der Waals surface area contributed by atoms with Gasteiger partial charge in [0.15, 0.2) is 0 Å². The van der Waals surface area contributed by atoms with Gasteiger partial charge in [0.1, 0.15) is 0 Å². The highest BCUT2D eigenvalue weighted by molar-refractivity contribution is 5.69. The van der Waals surface area contributed by atoms with Gasteiger partial charge in [-0.05, 0) is 52.9 Å². The van der Waals surface area contributed by atoms with Crippen molar-refractivity contribution in [2.24, 2.45) is 0 Å². The Bertz CT molecular complexity index is 963. The molecule has 0 atom stereocenters. The molecular weight excluding hydrogens is 372 g/mol. The molecule has 0 spiro atoms. The highest BCUT2D eigenvalue weighted by Crippen LogP contribution is 2.24. The summed E-state index contributed by atoms with van der Waals surface area (Å²) in [6, 6.07) is 25.7. The monoisotopic (exact) mass is 402 g/mol. The second-order valence-electron chi connectivity index (χ2n) is 7.74. The fourth-order valence-corrected chi connectivity index (χ4v) is 3.42.